The molecule has 2 atom stereocenters. The smallest absolute Gasteiger partial charge is 0.236 e. The molecule has 0 saturated carbocycles. The second kappa shape index (κ2) is 7.39. The lowest BCUT2D eigenvalue weighted by Crippen LogP contribution is -2.45. The number of aromatic nitrogens is 2. The first-order valence-electron chi connectivity index (χ1n) is 9.65. The van der Waals surface area contributed by atoms with E-state index in [1.165, 1.54) is 0 Å². The predicted molar refractivity (Wildman–Crippen MR) is 107 cm³/mol. The van der Waals surface area contributed by atoms with Crippen molar-refractivity contribution in [1.82, 2.24) is 9.97 Å². The lowest BCUT2D eigenvalue weighted by Gasteiger charge is -2.31. The molecule has 3 rings (SSSR count). The predicted octanol–water partition coefficient (Wildman–Crippen LogP) is 3.95. The number of amides is 1. The second-order valence-electron chi connectivity index (χ2n) is 8.36. The van der Waals surface area contributed by atoms with Gasteiger partial charge in [-0.15, -0.1) is 0 Å². The highest BCUT2D eigenvalue weighted by Crippen LogP contribution is 2.41. The van der Waals surface area contributed by atoms with Crippen molar-refractivity contribution in [2.75, 3.05) is 4.90 Å². The van der Waals surface area contributed by atoms with Crippen LogP contribution in [0.1, 0.15) is 75.3 Å². The summed E-state index contributed by atoms with van der Waals surface area (Å²) in [6.45, 7) is 10.3. The first-order chi connectivity index (χ1) is 12.8. The summed E-state index contributed by atoms with van der Waals surface area (Å²) < 4.78 is 0. The molecule has 0 aliphatic carbocycles. The fourth-order valence-electron chi connectivity index (χ4n) is 3.68. The largest absolute Gasteiger partial charge is 0.392 e. The van der Waals surface area contributed by atoms with Crippen molar-refractivity contribution in [3.63, 3.8) is 0 Å². The number of aliphatic hydroxyl groups is 1. The number of nitrogens with zero attached hydrogens (tertiary/aromatic N) is 3. The molecule has 144 valence electrons. The molecular formula is C22H29N3O2. The third kappa shape index (κ3) is 3.61. The quantitative estimate of drug-likeness (QED) is 0.869. The zero-order valence-corrected chi connectivity index (χ0v) is 16.9. The van der Waals surface area contributed by atoms with Crippen LogP contribution in [0.5, 0.6) is 0 Å². The maximum absolute atomic E-state index is 13.2. The van der Waals surface area contributed by atoms with E-state index in [1.807, 2.05) is 45.2 Å². The van der Waals surface area contributed by atoms with Crippen LogP contribution in [0.3, 0.4) is 0 Å². The maximum atomic E-state index is 13.2. The molecule has 1 amide bonds. The number of anilines is 1. The number of carbonyl (C=O) groups is 1. The van der Waals surface area contributed by atoms with E-state index >= 15 is 0 Å². The van der Waals surface area contributed by atoms with Crippen molar-refractivity contribution in [3.8, 4) is 0 Å². The molecule has 0 fully saturated rings. The Morgan fingerprint density at radius 1 is 1.30 bits per heavy atom. The van der Waals surface area contributed by atoms with Crippen LogP contribution in [0.2, 0.25) is 0 Å². The molecule has 5 heteroatoms. The molecule has 0 bridgehead atoms. The van der Waals surface area contributed by atoms with Crippen LogP contribution < -0.4 is 4.90 Å². The Hall–Kier alpha value is -2.27. The molecule has 1 N–H and O–H groups in total. The summed E-state index contributed by atoms with van der Waals surface area (Å²) in [7, 11) is 0. The number of pyridine rings is 2. The van der Waals surface area contributed by atoms with Crippen molar-refractivity contribution in [2.24, 2.45) is 0 Å². The second-order valence-corrected chi connectivity index (χ2v) is 8.36. The molecule has 0 aromatic carbocycles. The average Bonchev–Trinajstić information content (AvgIpc) is 2.93. The molecule has 1 aliphatic rings. The van der Waals surface area contributed by atoms with Crippen molar-refractivity contribution < 1.29 is 9.90 Å². The number of aliphatic hydroxyl groups excluding tert-OH is 1. The summed E-state index contributed by atoms with van der Waals surface area (Å²) in [5.41, 5.74) is 3.31. The first kappa shape index (κ1) is 19.5. The number of hydrogen-bond acceptors (Lipinski definition) is 4. The first-order valence-corrected chi connectivity index (χ1v) is 9.65. The maximum Gasteiger partial charge on any atom is 0.236 e. The van der Waals surface area contributed by atoms with E-state index in [4.69, 9.17) is 0 Å². The summed E-state index contributed by atoms with van der Waals surface area (Å²) in [6, 6.07) is 5.88. The van der Waals surface area contributed by atoms with Crippen molar-refractivity contribution >= 4 is 11.7 Å². The molecule has 0 saturated heterocycles. The molecule has 27 heavy (non-hydrogen) atoms. The van der Waals surface area contributed by atoms with Gasteiger partial charge >= 0.3 is 0 Å². The number of hydrogen-bond donors (Lipinski definition) is 1. The standard InChI is InChI=1S/C22H29N3O2/c1-6-14(2)15-10-16(13-26)19(24-12-15)11-18-17-8-7-9-23-20(17)25(21(18)27)22(3,4)5/h7-10,12,14,18,26H,6,11,13H2,1-5H3. The Morgan fingerprint density at radius 3 is 2.67 bits per heavy atom. The van der Waals surface area contributed by atoms with Gasteiger partial charge < -0.3 is 5.11 Å². The monoisotopic (exact) mass is 367 g/mol. The van der Waals surface area contributed by atoms with Gasteiger partial charge in [0, 0.05) is 35.6 Å². The van der Waals surface area contributed by atoms with Gasteiger partial charge in [-0.1, -0.05) is 19.9 Å². The number of rotatable bonds is 5. The number of carbonyl (C=O) groups excluding carboxylic acids is 1. The lowest BCUT2D eigenvalue weighted by molar-refractivity contribution is -0.120. The van der Waals surface area contributed by atoms with Crippen molar-refractivity contribution in [3.05, 3.63) is 53.0 Å². The number of fused-ring (bicyclic) bond motifs is 1. The van der Waals surface area contributed by atoms with Gasteiger partial charge in [0.05, 0.1) is 12.5 Å². The zero-order chi connectivity index (χ0) is 19.8. The highest BCUT2D eigenvalue weighted by molar-refractivity contribution is 6.05. The molecule has 0 radical (unpaired) electrons. The van der Waals surface area contributed by atoms with Crippen LogP contribution in [0, 0.1) is 0 Å². The van der Waals surface area contributed by atoms with E-state index < -0.39 is 0 Å². The lowest BCUT2D eigenvalue weighted by atomic mass is 9.92. The highest BCUT2D eigenvalue weighted by atomic mass is 16.3. The summed E-state index contributed by atoms with van der Waals surface area (Å²) >= 11 is 0. The topological polar surface area (TPSA) is 66.3 Å². The molecule has 1 aliphatic heterocycles. The molecule has 3 heterocycles. The van der Waals surface area contributed by atoms with E-state index in [0.717, 1.165) is 34.6 Å². The van der Waals surface area contributed by atoms with Gasteiger partial charge in [-0.3, -0.25) is 14.7 Å². The Labute approximate surface area is 161 Å². The fraction of sp³-hybridized carbons (Fsp3) is 0.500. The zero-order valence-electron chi connectivity index (χ0n) is 16.9. The van der Waals surface area contributed by atoms with E-state index in [9.17, 15) is 9.90 Å². The highest BCUT2D eigenvalue weighted by Gasteiger charge is 2.43. The summed E-state index contributed by atoms with van der Waals surface area (Å²) in [4.78, 5) is 24.1. The van der Waals surface area contributed by atoms with E-state index in [1.54, 1.807) is 11.1 Å². The third-order valence-electron chi connectivity index (χ3n) is 5.42. The molecular weight excluding hydrogens is 338 g/mol. The van der Waals surface area contributed by atoms with Crippen molar-refractivity contribution in [2.45, 2.75) is 71.4 Å². The van der Waals surface area contributed by atoms with Gasteiger partial charge in [0.1, 0.15) is 5.82 Å². The molecule has 2 aromatic heterocycles. The SMILES string of the molecule is CCC(C)c1cnc(CC2C(=O)N(C(C)(C)C)c3ncccc32)c(CO)c1. The van der Waals surface area contributed by atoms with E-state index in [2.05, 4.69) is 23.8 Å². The Bertz CT molecular complexity index is 842. The van der Waals surface area contributed by atoms with Crippen LogP contribution in [-0.4, -0.2) is 26.5 Å². The minimum atomic E-state index is -0.345. The molecule has 5 nitrogen and oxygen atoms in total. The van der Waals surface area contributed by atoms with Gasteiger partial charge in [0.15, 0.2) is 0 Å². The Balaban J connectivity index is 1.97. The van der Waals surface area contributed by atoms with Gasteiger partial charge in [-0.2, -0.15) is 0 Å². The van der Waals surface area contributed by atoms with Gasteiger partial charge in [0.2, 0.25) is 5.91 Å². The minimum Gasteiger partial charge on any atom is -0.392 e. The summed E-state index contributed by atoms with van der Waals surface area (Å²) in [5.74, 6) is 0.862. The van der Waals surface area contributed by atoms with Crippen LogP contribution >= 0.6 is 0 Å². The summed E-state index contributed by atoms with van der Waals surface area (Å²) in [5, 5.41) is 9.87. The third-order valence-corrected chi connectivity index (χ3v) is 5.42. The van der Waals surface area contributed by atoms with Crippen LogP contribution in [0.4, 0.5) is 5.82 Å². The Morgan fingerprint density at radius 2 is 2.04 bits per heavy atom. The molecule has 2 aromatic rings. The van der Waals surface area contributed by atoms with Crippen LogP contribution in [0.25, 0.3) is 0 Å². The van der Waals surface area contributed by atoms with Crippen LogP contribution in [0.15, 0.2) is 30.6 Å². The molecule has 2 unspecified atom stereocenters. The normalized spacial score (nSPS) is 17.9. The van der Waals surface area contributed by atoms with Gasteiger partial charge in [-0.25, -0.2) is 4.98 Å². The van der Waals surface area contributed by atoms with Gasteiger partial charge in [-0.05, 0) is 56.4 Å². The minimum absolute atomic E-state index is 0.0490. The average molecular weight is 367 g/mol. The van der Waals surface area contributed by atoms with E-state index in [0.29, 0.717) is 12.3 Å². The summed E-state index contributed by atoms with van der Waals surface area (Å²) in [6.07, 6.45) is 5.10. The molecule has 0 spiro atoms. The van der Waals surface area contributed by atoms with Crippen molar-refractivity contribution in [1.29, 1.82) is 0 Å². The van der Waals surface area contributed by atoms with Crippen LogP contribution in [-0.2, 0) is 17.8 Å². The van der Waals surface area contributed by atoms with E-state index in [-0.39, 0.29) is 24.0 Å². The fourth-order valence-corrected chi connectivity index (χ4v) is 3.68. The Kier molecular flexibility index (Phi) is 5.33. The van der Waals surface area contributed by atoms with Gasteiger partial charge in [0.25, 0.3) is 0 Å².